The van der Waals surface area contributed by atoms with Crippen LogP contribution in [0.3, 0.4) is 0 Å². The molecule has 0 spiro atoms. The molecular formula is C23H29N3O3S. The summed E-state index contributed by atoms with van der Waals surface area (Å²) in [5.74, 6) is 0.270. The molecule has 2 heterocycles. The number of hydrogen-bond donors (Lipinski definition) is 1. The molecule has 6 nitrogen and oxygen atoms in total. The SMILES string of the molecule is CC(=O)Nc1ccc(S(=O)(=O)N2CCC(C3c4ccccc4CCN3C)CC2)cc1. The number of fused-ring (bicyclic) bond motifs is 1. The van der Waals surface area contributed by atoms with Crippen molar-refractivity contribution in [2.24, 2.45) is 5.92 Å². The zero-order chi connectivity index (χ0) is 21.3. The second kappa shape index (κ2) is 8.49. The van der Waals surface area contributed by atoms with Crippen molar-refractivity contribution in [2.75, 3.05) is 32.0 Å². The van der Waals surface area contributed by atoms with Crippen molar-refractivity contribution in [1.82, 2.24) is 9.21 Å². The molecule has 0 radical (unpaired) electrons. The lowest BCUT2D eigenvalue weighted by atomic mass is 9.80. The van der Waals surface area contributed by atoms with Crippen molar-refractivity contribution in [1.29, 1.82) is 0 Å². The van der Waals surface area contributed by atoms with Crippen molar-refractivity contribution in [3.05, 3.63) is 59.7 Å². The van der Waals surface area contributed by atoms with Crippen molar-refractivity contribution < 1.29 is 13.2 Å². The molecule has 1 amide bonds. The highest BCUT2D eigenvalue weighted by Crippen LogP contribution is 2.39. The summed E-state index contributed by atoms with van der Waals surface area (Å²) >= 11 is 0. The zero-order valence-corrected chi connectivity index (χ0v) is 18.4. The summed E-state index contributed by atoms with van der Waals surface area (Å²) in [7, 11) is -1.35. The van der Waals surface area contributed by atoms with E-state index in [9.17, 15) is 13.2 Å². The van der Waals surface area contributed by atoms with Crippen LogP contribution in [-0.2, 0) is 21.2 Å². The van der Waals surface area contributed by atoms with Gasteiger partial charge in [0.1, 0.15) is 0 Å². The largest absolute Gasteiger partial charge is 0.326 e. The lowest BCUT2D eigenvalue weighted by molar-refractivity contribution is -0.114. The number of carbonyl (C=O) groups excluding carboxylic acids is 1. The fourth-order valence-corrected chi connectivity index (χ4v) is 6.30. The molecule has 1 unspecified atom stereocenters. The first-order valence-electron chi connectivity index (χ1n) is 10.5. The van der Waals surface area contributed by atoms with Crippen molar-refractivity contribution in [2.45, 2.75) is 37.1 Å². The van der Waals surface area contributed by atoms with E-state index < -0.39 is 10.0 Å². The van der Waals surface area contributed by atoms with Gasteiger partial charge in [0, 0.05) is 38.3 Å². The maximum absolute atomic E-state index is 13.1. The minimum absolute atomic E-state index is 0.179. The molecule has 0 aliphatic carbocycles. The van der Waals surface area contributed by atoms with Gasteiger partial charge < -0.3 is 5.32 Å². The maximum atomic E-state index is 13.1. The molecule has 2 aliphatic heterocycles. The molecule has 4 rings (SSSR count). The highest BCUT2D eigenvalue weighted by molar-refractivity contribution is 7.89. The van der Waals surface area contributed by atoms with Crippen LogP contribution in [0.4, 0.5) is 5.69 Å². The van der Waals surface area contributed by atoms with E-state index in [0.717, 1.165) is 25.8 Å². The number of anilines is 1. The van der Waals surface area contributed by atoms with E-state index in [0.29, 0.717) is 30.7 Å². The van der Waals surface area contributed by atoms with E-state index in [4.69, 9.17) is 0 Å². The number of nitrogens with one attached hydrogen (secondary N) is 1. The van der Waals surface area contributed by atoms with E-state index >= 15 is 0 Å². The van der Waals surface area contributed by atoms with Crippen LogP contribution in [0.5, 0.6) is 0 Å². The third kappa shape index (κ3) is 4.15. The fraction of sp³-hybridized carbons (Fsp3) is 0.435. The molecule has 1 fully saturated rings. The number of hydrogen-bond acceptors (Lipinski definition) is 4. The Kier molecular flexibility index (Phi) is 5.95. The number of carbonyl (C=O) groups is 1. The monoisotopic (exact) mass is 427 g/mol. The van der Waals surface area contributed by atoms with Gasteiger partial charge in [-0.2, -0.15) is 4.31 Å². The van der Waals surface area contributed by atoms with E-state index in [2.05, 4.69) is 41.5 Å². The quantitative estimate of drug-likeness (QED) is 0.813. The van der Waals surface area contributed by atoms with E-state index in [1.165, 1.54) is 18.1 Å². The lowest BCUT2D eigenvalue weighted by Gasteiger charge is -2.42. The Morgan fingerprint density at radius 2 is 1.67 bits per heavy atom. The fourth-order valence-electron chi connectivity index (χ4n) is 4.83. The van der Waals surface area contributed by atoms with E-state index in [1.807, 2.05) is 0 Å². The second-order valence-electron chi connectivity index (χ2n) is 8.32. The molecule has 1 atom stereocenters. The Hall–Kier alpha value is -2.22. The van der Waals surface area contributed by atoms with Gasteiger partial charge in [-0.3, -0.25) is 9.69 Å². The predicted octanol–water partition coefficient (Wildman–Crippen LogP) is 3.27. The summed E-state index contributed by atoms with van der Waals surface area (Å²) in [6.07, 6.45) is 2.78. The van der Waals surface area contributed by atoms with Crippen LogP contribution in [0.1, 0.15) is 36.9 Å². The van der Waals surface area contributed by atoms with Crippen LogP contribution in [0.2, 0.25) is 0 Å². The van der Waals surface area contributed by atoms with E-state index in [-0.39, 0.29) is 10.8 Å². The summed E-state index contributed by atoms with van der Waals surface area (Å²) in [5.41, 5.74) is 3.43. The molecule has 2 aliphatic rings. The number of amides is 1. The predicted molar refractivity (Wildman–Crippen MR) is 118 cm³/mol. The summed E-state index contributed by atoms with van der Waals surface area (Å²) in [4.78, 5) is 13.9. The summed E-state index contributed by atoms with van der Waals surface area (Å²) in [6, 6.07) is 15.4. The van der Waals surface area contributed by atoms with Crippen LogP contribution in [0, 0.1) is 5.92 Å². The van der Waals surface area contributed by atoms with Crippen LogP contribution in [-0.4, -0.2) is 50.2 Å². The summed E-state index contributed by atoms with van der Waals surface area (Å²) in [6.45, 7) is 3.54. The van der Waals surface area contributed by atoms with Crippen LogP contribution < -0.4 is 5.32 Å². The maximum Gasteiger partial charge on any atom is 0.243 e. The summed E-state index contributed by atoms with van der Waals surface area (Å²) in [5, 5.41) is 2.67. The number of nitrogens with zero attached hydrogens (tertiary/aromatic N) is 2. The number of likely N-dealkylation sites (N-methyl/N-ethyl adjacent to an activating group) is 1. The van der Waals surface area contributed by atoms with Crippen molar-refractivity contribution in [3.8, 4) is 0 Å². The third-order valence-corrected chi connectivity index (χ3v) is 8.25. The Balaban J connectivity index is 1.46. The standard InChI is InChI=1S/C23H29N3O3S/c1-17(27)24-20-7-9-21(10-8-20)30(28,29)26-15-12-19(13-16-26)23-22-6-4-3-5-18(22)11-14-25(23)2/h3-10,19,23H,11-16H2,1-2H3,(H,24,27). The molecule has 1 N–H and O–H groups in total. The number of rotatable bonds is 4. The molecule has 0 saturated carbocycles. The first-order chi connectivity index (χ1) is 14.4. The Bertz CT molecular complexity index is 1010. The van der Waals surface area contributed by atoms with Gasteiger partial charge in [-0.05, 0) is 67.6 Å². The minimum atomic E-state index is -3.53. The molecule has 30 heavy (non-hydrogen) atoms. The van der Waals surface area contributed by atoms with Crippen LogP contribution >= 0.6 is 0 Å². The highest BCUT2D eigenvalue weighted by atomic mass is 32.2. The van der Waals surface area contributed by atoms with Gasteiger partial charge in [0.2, 0.25) is 15.9 Å². The van der Waals surface area contributed by atoms with Gasteiger partial charge in [-0.25, -0.2) is 8.42 Å². The number of sulfonamides is 1. The molecule has 0 bridgehead atoms. The van der Waals surface area contributed by atoms with Crippen LogP contribution in [0.15, 0.2) is 53.4 Å². The Labute approximate surface area is 178 Å². The molecule has 1 saturated heterocycles. The van der Waals surface area contributed by atoms with Gasteiger partial charge in [0.15, 0.2) is 0 Å². The number of benzene rings is 2. The lowest BCUT2D eigenvalue weighted by Crippen LogP contribution is -2.44. The first kappa shape index (κ1) is 21.0. The topological polar surface area (TPSA) is 69.7 Å². The second-order valence-corrected chi connectivity index (χ2v) is 10.3. The van der Waals surface area contributed by atoms with Gasteiger partial charge in [-0.15, -0.1) is 0 Å². The van der Waals surface area contributed by atoms with Gasteiger partial charge >= 0.3 is 0 Å². The van der Waals surface area contributed by atoms with Crippen molar-refractivity contribution >= 4 is 21.6 Å². The molecule has 160 valence electrons. The van der Waals surface area contributed by atoms with Crippen LogP contribution in [0.25, 0.3) is 0 Å². The normalized spacial score (nSPS) is 21.2. The van der Waals surface area contributed by atoms with E-state index in [1.54, 1.807) is 28.6 Å². The molecular weight excluding hydrogens is 398 g/mol. The highest BCUT2D eigenvalue weighted by Gasteiger charge is 2.36. The molecule has 7 heteroatoms. The molecule has 2 aromatic carbocycles. The third-order valence-electron chi connectivity index (χ3n) is 6.34. The number of piperidine rings is 1. The van der Waals surface area contributed by atoms with Crippen molar-refractivity contribution in [3.63, 3.8) is 0 Å². The van der Waals surface area contributed by atoms with Gasteiger partial charge in [-0.1, -0.05) is 24.3 Å². The molecule has 0 aromatic heterocycles. The first-order valence-corrected chi connectivity index (χ1v) is 12.0. The average Bonchev–Trinajstić information content (AvgIpc) is 2.74. The van der Waals surface area contributed by atoms with Gasteiger partial charge in [0.25, 0.3) is 0 Å². The Morgan fingerprint density at radius 1 is 1.00 bits per heavy atom. The Morgan fingerprint density at radius 3 is 2.33 bits per heavy atom. The van der Waals surface area contributed by atoms with Gasteiger partial charge in [0.05, 0.1) is 4.90 Å². The smallest absolute Gasteiger partial charge is 0.243 e. The molecule has 2 aromatic rings. The summed E-state index contributed by atoms with van der Waals surface area (Å²) < 4.78 is 27.8. The zero-order valence-electron chi connectivity index (χ0n) is 17.5. The average molecular weight is 428 g/mol. The minimum Gasteiger partial charge on any atom is -0.326 e.